The number of amides is 2. The van der Waals surface area contributed by atoms with Gasteiger partial charge in [-0.05, 0) is 87.1 Å². The van der Waals surface area contributed by atoms with Gasteiger partial charge in [0.2, 0.25) is 11.8 Å². The maximum atomic E-state index is 12.6. The van der Waals surface area contributed by atoms with Crippen LogP contribution >= 0.6 is 21.6 Å². The van der Waals surface area contributed by atoms with E-state index >= 15 is 0 Å². The maximum Gasteiger partial charge on any atom is 0.397 e. The Morgan fingerprint density at radius 3 is 0.865 bits per heavy atom. The average Bonchev–Trinajstić information content (AvgIpc) is 3.30. The molecule has 2 rings (SSSR count). The van der Waals surface area contributed by atoms with Crippen molar-refractivity contribution in [3.05, 3.63) is 48.5 Å². The lowest BCUT2D eigenvalue weighted by Gasteiger charge is -2.24. The lowest BCUT2D eigenvalue weighted by molar-refractivity contribution is -0.117. The molecular formula is C48H80N2O18S6. The van der Waals surface area contributed by atoms with E-state index in [-0.39, 0.29) is 50.3 Å². The molecule has 0 aliphatic heterocycles. The van der Waals surface area contributed by atoms with Gasteiger partial charge in [-0.3, -0.25) is 27.8 Å². The minimum Gasteiger partial charge on any atom is -0.326 e. The summed E-state index contributed by atoms with van der Waals surface area (Å²) in [6.07, 6.45) is 12.4. The maximum absolute atomic E-state index is 12.6. The van der Waals surface area contributed by atoms with Gasteiger partial charge in [-0.2, -0.15) is 33.7 Å². The molecule has 74 heavy (non-hydrogen) atoms. The van der Waals surface area contributed by atoms with E-state index in [1.54, 1.807) is 0 Å². The zero-order valence-electron chi connectivity index (χ0n) is 42.7. The summed E-state index contributed by atoms with van der Waals surface area (Å²) < 4.78 is 149. The smallest absolute Gasteiger partial charge is 0.326 e. The first kappa shape index (κ1) is 67.7. The van der Waals surface area contributed by atoms with E-state index in [1.165, 1.54) is 21.6 Å². The van der Waals surface area contributed by atoms with Crippen LogP contribution in [0.1, 0.15) is 194 Å². The van der Waals surface area contributed by atoms with Crippen molar-refractivity contribution in [3.63, 3.8) is 0 Å². The second-order valence-electron chi connectivity index (χ2n) is 18.3. The highest BCUT2D eigenvalue weighted by Crippen LogP contribution is 2.38. The van der Waals surface area contributed by atoms with Gasteiger partial charge in [0.15, 0.2) is 0 Å². The molecule has 0 aromatic heterocycles. The van der Waals surface area contributed by atoms with Gasteiger partial charge in [0.1, 0.15) is 24.4 Å². The van der Waals surface area contributed by atoms with E-state index in [9.17, 15) is 61.5 Å². The van der Waals surface area contributed by atoms with Gasteiger partial charge in [0.25, 0.3) is 0 Å². The number of rotatable bonds is 45. The molecule has 0 radical (unpaired) electrons. The van der Waals surface area contributed by atoms with Crippen LogP contribution in [0.3, 0.4) is 0 Å². The number of hydrogen-bond acceptors (Lipinski definition) is 16. The van der Waals surface area contributed by atoms with Crippen molar-refractivity contribution < 1.29 is 78.2 Å². The molecule has 0 bridgehead atoms. The van der Waals surface area contributed by atoms with Crippen molar-refractivity contribution in [2.24, 2.45) is 0 Å². The molecule has 426 valence electrons. The first-order chi connectivity index (χ1) is 34.9. The van der Waals surface area contributed by atoms with Crippen LogP contribution in [-0.2, 0) is 67.9 Å². The number of hydrogen-bond donors (Lipinski definition) is 6. The molecule has 20 nitrogen and oxygen atoms in total. The van der Waals surface area contributed by atoms with Crippen molar-refractivity contribution in [2.75, 3.05) is 10.6 Å². The molecule has 0 aliphatic rings. The Balaban J connectivity index is 1.69. The largest absolute Gasteiger partial charge is 0.397 e. The molecule has 2 aromatic carbocycles. The standard InChI is InChI=1S/C48H80N2O18S6/c1-3-5-7-9-13-19-25-43(65-71(53,54)55)45(67-73(59,60)61)27-21-15-11-17-23-29-47(51)49-39-31-35-41(36-32-39)69-70-42-37-33-40(34-38-42)50-48(52)30-24-18-12-16-22-28-46(68-74(62,63)64)44(66-72(56,57)58)26-20-14-10-8-6-4-2/h31-38,43-46H,3-30H2,1-2H3,(H,49,51)(H,50,52)(H,53,54,55)(H,56,57,58)(H,59,60,61)(H,62,63,64). The summed E-state index contributed by atoms with van der Waals surface area (Å²) in [5.74, 6) is -0.297. The van der Waals surface area contributed by atoms with Crippen LogP contribution in [0.4, 0.5) is 11.4 Å². The summed E-state index contributed by atoms with van der Waals surface area (Å²) in [7, 11) is -16.6. The van der Waals surface area contributed by atoms with Crippen molar-refractivity contribution in [1.82, 2.24) is 0 Å². The predicted octanol–water partition coefficient (Wildman–Crippen LogP) is 12.1. The van der Waals surface area contributed by atoms with Crippen molar-refractivity contribution in [1.29, 1.82) is 0 Å². The highest BCUT2D eigenvalue weighted by molar-refractivity contribution is 8.76. The number of unbranched alkanes of at least 4 members (excludes halogenated alkanes) is 18. The first-order valence-electron chi connectivity index (χ1n) is 25.7. The normalized spacial score (nSPS) is 14.1. The van der Waals surface area contributed by atoms with E-state index in [0.29, 0.717) is 88.4 Å². The monoisotopic (exact) mass is 1160 g/mol. The molecule has 4 atom stereocenters. The summed E-state index contributed by atoms with van der Waals surface area (Å²) in [5.41, 5.74) is 1.29. The Morgan fingerprint density at radius 2 is 0.622 bits per heavy atom. The molecule has 0 heterocycles. The summed E-state index contributed by atoms with van der Waals surface area (Å²) in [6, 6.07) is 14.8. The molecular weight excluding hydrogens is 1080 g/mol. The zero-order valence-corrected chi connectivity index (χ0v) is 47.6. The van der Waals surface area contributed by atoms with Crippen LogP contribution in [-0.4, -0.2) is 88.1 Å². The Hall–Kier alpha value is -2.44. The van der Waals surface area contributed by atoms with Gasteiger partial charge >= 0.3 is 41.6 Å². The highest BCUT2D eigenvalue weighted by Gasteiger charge is 2.32. The van der Waals surface area contributed by atoms with Crippen LogP contribution in [0.5, 0.6) is 0 Å². The van der Waals surface area contributed by atoms with Crippen molar-refractivity contribution >= 4 is 86.4 Å². The Morgan fingerprint density at radius 1 is 0.392 bits per heavy atom. The van der Waals surface area contributed by atoms with Crippen LogP contribution in [0, 0.1) is 0 Å². The third-order valence-corrected chi connectivity index (χ3v) is 16.2. The van der Waals surface area contributed by atoms with Crippen LogP contribution < -0.4 is 10.6 Å². The van der Waals surface area contributed by atoms with Crippen LogP contribution in [0.25, 0.3) is 0 Å². The fourth-order valence-electron chi connectivity index (χ4n) is 8.11. The SMILES string of the molecule is CCCCCCCCC(OS(=O)(=O)O)C(CCCCCCCC(=O)Nc1ccc(SSc2ccc(NC(=O)CCCCCCCC(OS(=O)(=O)O)C(CCCCCCCC)OS(=O)(=O)O)cc2)cc1)OS(=O)(=O)O. The van der Waals surface area contributed by atoms with Crippen molar-refractivity contribution in [2.45, 2.75) is 228 Å². The average molecular weight is 1170 g/mol. The van der Waals surface area contributed by atoms with Crippen LogP contribution in [0.15, 0.2) is 58.3 Å². The van der Waals surface area contributed by atoms with Crippen molar-refractivity contribution in [3.8, 4) is 0 Å². The van der Waals surface area contributed by atoms with E-state index in [4.69, 9.17) is 16.7 Å². The van der Waals surface area contributed by atoms with Gasteiger partial charge in [-0.15, -0.1) is 0 Å². The Labute approximate surface area is 449 Å². The fraction of sp³-hybridized carbons (Fsp3) is 0.708. The Bertz CT molecular complexity index is 2160. The van der Waals surface area contributed by atoms with Gasteiger partial charge in [0, 0.05) is 34.0 Å². The molecule has 0 spiro atoms. The van der Waals surface area contributed by atoms with Gasteiger partial charge in [-0.25, -0.2) is 16.7 Å². The van der Waals surface area contributed by atoms with E-state index in [1.807, 2.05) is 48.5 Å². The second-order valence-corrected chi connectivity index (χ2v) is 24.8. The topological polar surface area (TPSA) is 313 Å². The summed E-state index contributed by atoms with van der Waals surface area (Å²) in [5, 5.41) is 5.79. The van der Waals surface area contributed by atoms with E-state index in [2.05, 4.69) is 24.5 Å². The number of carbonyl (C=O) groups excluding carboxylic acids is 2. The van der Waals surface area contributed by atoms with Gasteiger partial charge in [-0.1, -0.05) is 164 Å². The minimum absolute atomic E-state index is 0.0598. The molecule has 6 N–H and O–H groups in total. The minimum atomic E-state index is -4.93. The number of carbonyl (C=O) groups is 2. The molecule has 4 unspecified atom stereocenters. The molecule has 2 aromatic rings. The summed E-state index contributed by atoms with van der Waals surface area (Å²) in [4.78, 5) is 27.2. The van der Waals surface area contributed by atoms with Gasteiger partial charge < -0.3 is 10.6 Å². The van der Waals surface area contributed by atoms with Gasteiger partial charge in [0.05, 0.1) is 0 Å². The summed E-state index contributed by atoms with van der Waals surface area (Å²) in [6.45, 7) is 4.16. The fourth-order valence-corrected chi connectivity index (χ4v) is 12.2. The van der Waals surface area contributed by atoms with E-state index < -0.39 is 66.0 Å². The molecule has 0 fully saturated rings. The number of nitrogens with one attached hydrogen (secondary N) is 2. The zero-order chi connectivity index (χ0) is 54.9. The highest BCUT2D eigenvalue weighted by atomic mass is 33.1. The summed E-state index contributed by atoms with van der Waals surface area (Å²) >= 11 is 0. The first-order valence-corrected chi connectivity index (χ1v) is 33.3. The second kappa shape index (κ2) is 37.4. The number of anilines is 2. The third-order valence-electron chi connectivity index (χ3n) is 11.8. The third kappa shape index (κ3) is 36.6. The molecule has 0 saturated carbocycles. The lowest BCUT2D eigenvalue weighted by Crippen LogP contribution is -2.35. The predicted molar refractivity (Wildman–Crippen MR) is 288 cm³/mol. The molecule has 0 saturated heterocycles. The molecule has 26 heteroatoms. The number of benzene rings is 2. The molecule has 0 aliphatic carbocycles. The Kier molecular flexibility index (Phi) is 34.2. The van der Waals surface area contributed by atoms with E-state index in [0.717, 1.165) is 74.0 Å². The lowest BCUT2D eigenvalue weighted by atomic mass is 9.99. The quantitative estimate of drug-likeness (QED) is 0.0204. The molecule has 2 amide bonds. The van der Waals surface area contributed by atoms with Crippen LogP contribution in [0.2, 0.25) is 0 Å².